The molecule has 2 aromatic carbocycles. The molecule has 1 atom stereocenters. The van der Waals surface area contributed by atoms with E-state index in [0.29, 0.717) is 24.0 Å². The van der Waals surface area contributed by atoms with Crippen molar-refractivity contribution in [2.45, 2.75) is 103 Å². The van der Waals surface area contributed by atoms with Crippen molar-refractivity contribution in [1.29, 1.82) is 0 Å². The lowest BCUT2D eigenvalue weighted by atomic mass is 9.87. The number of aryl methyl sites for hydroxylation is 1. The molecule has 0 aliphatic heterocycles. The monoisotopic (exact) mass is 484 g/mol. The molecule has 2 aliphatic carbocycles. The molecule has 192 valence electrons. The second-order valence-electron chi connectivity index (χ2n) is 10.9. The summed E-state index contributed by atoms with van der Waals surface area (Å²) in [5.41, 5.74) is 12.2. The highest BCUT2D eigenvalue weighted by molar-refractivity contribution is 5.88. The lowest BCUT2D eigenvalue weighted by molar-refractivity contribution is 0.340. The number of fused-ring (bicyclic) bond motifs is 1. The first kappa shape index (κ1) is 26.5. The minimum Gasteiger partial charge on any atom is -0.344 e. The molecule has 3 N–H and O–H groups in total. The molecule has 0 amide bonds. The summed E-state index contributed by atoms with van der Waals surface area (Å²) >= 11 is 0. The molecule has 1 aromatic heterocycles. The Labute approximate surface area is 218 Å². The molecular weight excluding hydrogens is 440 g/mol. The van der Waals surface area contributed by atoms with E-state index in [9.17, 15) is 0 Å². The van der Waals surface area contributed by atoms with E-state index in [2.05, 4.69) is 64.2 Å². The fraction of sp³-hybridized carbons (Fsp3) is 0.531. The standard InChI is InChI=1S/C31H40N4.CH4/c1-22-7-6-8-23(19-22)28(17-18-34-25-13-11-24(32)12-14-25)30-21-35(27-9-4-3-5-10-27)31-16-15-26(33-2)20-29(30)31;/h6-8,15-16,19-21,24-25,27-28,34H,3-5,9-14,17-18,32H2,1H3;1H4. The first-order valence-corrected chi connectivity index (χ1v) is 13.7. The Bertz CT molecular complexity index is 1170. The summed E-state index contributed by atoms with van der Waals surface area (Å²) in [6, 6.07) is 16.9. The van der Waals surface area contributed by atoms with Crippen LogP contribution in [-0.2, 0) is 0 Å². The SMILES string of the molecule is C.[C-]#[N+]c1ccc2c(c1)c(C(CCNC1CCC(N)CC1)c1cccc(C)c1)cn2C1CCCCC1. The third kappa shape index (κ3) is 5.85. The van der Waals surface area contributed by atoms with Crippen molar-refractivity contribution in [3.63, 3.8) is 0 Å². The van der Waals surface area contributed by atoms with Crippen molar-refractivity contribution >= 4 is 16.6 Å². The number of aromatic nitrogens is 1. The molecule has 3 aromatic rings. The molecule has 0 bridgehead atoms. The second kappa shape index (κ2) is 12.1. The molecule has 2 saturated carbocycles. The highest BCUT2D eigenvalue weighted by Crippen LogP contribution is 2.40. The second-order valence-corrected chi connectivity index (χ2v) is 10.9. The third-order valence-electron chi connectivity index (χ3n) is 8.40. The van der Waals surface area contributed by atoms with E-state index in [4.69, 9.17) is 12.3 Å². The van der Waals surface area contributed by atoms with Crippen molar-refractivity contribution in [2.75, 3.05) is 6.54 Å². The topological polar surface area (TPSA) is 47.3 Å². The Morgan fingerprint density at radius 2 is 1.81 bits per heavy atom. The van der Waals surface area contributed by atoms with Crippen LogP contribution in [0.25, 0.3) is 15.7 Å². The summed E-state index contributed by atoms with van der Waals surface area (Å²) in [7, 11) is 0. The van der Waals surface area contributed by atoms with Crippen molar-refractivity contribution in [1.82, 2.24) is 9.88 Å². The highest BCUT2D eigenvalue weighted by Gasteiger charge is 2.25. The normalized spacial score (nSPS) is 21.6. The van der Waals surface area contributed by atoms with Crippen LogP contribution in [0.1, 0.15) is 100 Å². The number of nitrogens with two attached hydrogens (primary N) is 1. The van der Waals surface area contributed by atoms with Crippen LogP contribution in [0, 0.1) is 13.5 Å². The van der Waals surface area contributed by atoms with Crippen LogP contribution in [0.3, 0.4) is 0 Å². The van der Waals surface area contributed by atoms with Gasteiger partial charge in [-0.05, 0) is 87.1 Å². The van der Waals surface area contributed by atoms with Gasteiger partial charge in [0, 0.05) is 35.8 Å². The minimum atomic E-state index is 0. The van der Waals surface area contributed by atoms with Crippen molar-refractivity contribution in [3.05, 3.63) is 76.8 Å². The molecule has 1 heterocycles. The fourth-order valence-electron chi connectivity index (χ4n) is 6.42. The smallest absolute Gasteiger partial charge is 0.187 e. The number of hydrogen-bond acceptors (Lipinski definition) is 2. The molecule has 2 aliphatic rings. The van der Waals surface area contributed by atoms with Crippen LogP contribution >= 0.6 is 0 Å². The molecule has 0 saturated heterocycles. The maximum atomic E-state index is 7.63. The molecule has 4 nitrogen and oxygen atoms in total. The molecule has 4 heteroatoms. The Balaban J connectivity index is 0.00000304. The van der Waals surface area contributed by atoms with E-state index in [0.717, 1.165) is 31.5 Å². The quantitative estimate of drug-likeness (QED) is 0.334. The molecule has 0 radical (unpaired) electrons. The van der Waals surface area contributed by atoms with E-state index < -0.39 is 0 Å². The zero-order valence-corrected chi connectivity index (χ0v) is 21.2. The summed E-state index contributed by atoms with van der Waals surface area (Å²) in [4.78, 5) is 3.78. The van der Waals surface area contributed by atoms with Gasteiger partial charge < -0.3 is 15.6 Å². The van der Waals surface area contributed by atoms with Crippen LogP contribution in [-0.4, -0.2) is 23.2 Å². The Morgan fingerprint density at radius 1 is 1.03 bits per heavy atom. The number of hydrogen-bond donors (Lipinski definition) is 2. The predicted molar refractivity (Wildman–Crippen MR) is 153 cm³/mol. The minimum absolute atomic E-state index is 0. The lowest BCUT2D eigenvalue weighted by Gasteiger charge is -2.28. The van der Waals surface area contributed by atoms with Crippen LogP contribution in [0.5, 0.6) is 0 Å². The van der Waals surface area contributed by atoms with Gasteiger partial charge in [-0.15, -0.1) is 0 Å². The van der Waals surface area contributed by atoms with Crippen LogP contribution < -0.4 is 11.1 Å². The van der Waals surface area contributed by atoms with Crippen LogP contribution in [0.15, 0.2) is 48.7 Å². The van der Waals surface area contributed by atoms with Crippen molar-refractivity contribution < 1.29 is 0 Å². The maximum absolute atomic E-state index is 7.63. The average Bonchev–Trinajstić information content (AvgIpc) is 3.26. The first-order chi connectivity index (χ1) is 17.1. The van der Waals surface area contributed by atoms with Crippen LogP contribution in [0.2, 0.25) is 0 Å². The van der Waals surface area contributed by atoms with Gasteiger partial charge in [0.2, 0.25) is 0 Å². The molecule has 2 fully saturated rings. The summed E-state index contributed by atoms with van der Waals surface area (Å²) < 4.78 is 2.55. The highest BCUT2D eigenvalue weighted by atomic mass is 15.0. The Hall–Kier alpha value is -2.61. The van der Waals surface area contributed by atoms with Gasteiger partial charge in [-0.2, -0.15) is 0 Å². The average molecular weight is 485 g/mol. The summed E-state index contributed by atoms with van der Waals surface area (Å²) in [5, 5.41) is 5.12. The molecular formula is C32H44N4. The number of benzene rings is 2. The van der Waals surface area contributed by atoms with Gasteiger partial charge in [-0.3, -0.25) is 0 Å². The van der Waals surface area contributed by atoms with Crippen LogP contribution in [0.4, 0.5) is 5.69 Å². The number of rotatable bonds is 7. The number of nitrogens with one attached hydrogen (secondary N) is 1. The Kier molecular flexibility index (Phi) is 8.88. The van der Waals surface area contributed by atoms with Gasteiger partial charge in [0.1, 0.15) is 0 Å². The third-order valence-corrected chi connectivity index (χ3v) is 8.40. The van der Waals surface area contributed by atoms with E-state index in [-0.39, 0.29) is 7.43 Å². The Morgan fingerprint density at radius 3 is 2.53 bits per heavy atom. The van der Waals surface area contributed by atoms with E-state index >= 15 is 0 Å². The van der Waals surface area contributed by atoms with Crippen molar-refractivity contribution in [3.8, 4) is 0 Å². The number of nitrogens with zero attached hydrogens (tertiary/aromatic N) is 2. The van der Waals surface area contributed by atoms with Gasteiger partial charge in [0.25, 0.3) is 0 Å². The molecule has 36 heavy (non-hydrogen) atoms. The lowest BCUT2D eigenvalue weighted by Crippen LogP contribution is -2.38. The largest absolute Gasteiger partial charge is 0.344 e. The summed E-state index contributed by atoms with van der Waals surface area (Å²) in [6.07, 6.45) is 14.6. The maximum Gasteiger partial charge on any atom is 0.187 e. The molecule has 1 unspecified atom stereocenters. The molecule has 5 rings (SSSR count). The van der Waals surface area contributed by atoms with Gasteiger partial charge in [-0.25, -0.2) is 4.85 Å². The predicted octanol–water partition coefficient (Wildman–Crippen LogP) is 8.02. The fourth-order valence-corrected chi connectivity index (χ4v) is 6.42. The van der Waals surface area contributed by atoms with Crippen molar-refractivity contribution in [2.24, 2.45) is 5.73 Å². The van der Waals surface area contributed by atoms with Gasteiger partial charge in [-0.1, -0.05) is 62.6 Å². The summed E-state index contributed by atoms with van der Waals surface area (Å²) in [5.74, 6) is 0.307. The van der Waals surface area contributed by atoms with Gasteiger partial charge >= 0.3 is 0 Å². The van der Waals surface area contributed by atoms with Gasteiger partial charge in [0.05, 0.1) is 6.57 Å². The first-order valence-electron chi connectivity index (χ1n) is 13.7. The van der Waals surface area contributed by atoms with Gasteiger partial charge in [0.15, 0.2) is 5.69 Å². The summed E-state index contributed by atoms with van der Waals surface area (Å²) in [6.45, 7) is 10.8. The zero-order chi connectivity index (χ0) is 24.2. The molecule has 0 spiro atoms. The zero-order valence-electron chi connectivity index (χ0n) is 21.2. The van der Waals surface area contributed by atoms with E-state index in [1.54, 1.807) is 0 Å². The van der Waals surface area contributed by atoms with E-state index in [1.165, 1.54) is 72.5 Å². The van der Waals surface area contributed by atoms with E-state index in [1.807, 2.05) is 6.07 Å².